The molecule has 0 unspecified atom stereocenters. The van der Waals surface area contributed by atoms with Crippen molar-refractivity contribution in [3.8, 4) is 5.88 Å². The molecule has 1 aliphatic heterocycles. The molecule has 1 fully saturated rings. The highest BCUT2D eigenvalue weighted by molar-refractivity contribution is 5.87. The van der Waals surface area contributed by atoms with Crippen LogP contribution in [0.1, 0.15) is 25.5 Å². The largest absolute Gasteiger partial charge is 0.474 e. The van der Waals surface area contributed by atoms with Crippen molar-refractivity contribution in [3.63, 3.8) is 0 Å². The molecule has 4 heteroatoms. The molecule has 0 bridgehead atoms. The fourth-order valence-corrected chi connectivity index (χ4v) is 2.61. The summed E-state index contributed by atoms with van der Waals surface area (Å²) in [5.41, 5.74) is 1.03. The predicted molar refractivity (Wildman–Crippen MR) is 83.6 cm³/mol. The Morgan fingerprint density at radius 2 is 2.10 bits per heavy atom. The van der Waals surface area contributed by atoms with Crippen LogP contribution in [-0.2, 0) is 11.3 Å². The highest BCUT2D eigenvalue weighted by Gasteiger charge is 2.17. The Morgan fingerprint density at radius 3 is 2.90 bits per heavy atom. The molecule has 0 amide bonds. The first kappa shape index (κ1) is 14.3. The van der Waals surface area contributed by atoms with Crippen LogP contribution in [0.25, 0.3) is 10.8 Å². The zero-order chi connectivity index (χ0) is 14.5. The lowest BCUT2D eigenvalue weighted by Gasteiger charge is -2.23. The number of fused-ring (bicyclic) bond motifs is 1. The van der Waals surface area contributed by atoms with Crippen LogP contribution in [0, 0.1) is 0 Å². The fraction of sp³-hybridized carbons (Fsp3) is 0.471. The number of pyridine rings is 1. The van der Waals surface area contributed by atoms with Crippen molar-refractivity contribution in [1.82, 2.24) is 10.3 Å². The summed E-state index contributed by atoms with van der Waals surface area (Å²) >= 11 is 0. The standard InChI is InChI=1S/C17H22N2O2/c1-2-18-12-14-11-13-5-3-4-6-16(13)17(19-14)21-15-7-9-20-10-8-15/h3-6,11,15,18H,2,7-10,12H2,1H3. The number of nitrogens with zero attached hydrogens (tertiary/aromatic N) is 1. The van der Waals surface area contributed by atoms with Gasteiger partial charge in [-0.15, -0.1) is 0 Å². The average molecular weight is 286 g/mol. The monoisotopic (exact) mass is 286 g/mol. The summed E-state index contributed by atoms with van der Waals surface area (Å²) in [4.78, 5) is 4.71. The second kappa shape index (κ2) is 6.87. The van der Waals surface area contributed by atoms with Gasteiger partial charge in [0.15, 0.2) is 0 Å². The fourth-order valence-electron chi connectivity index (χ4n) is 2.61. The number of hydrogen-bond donors (Lipinski definition) is 1. The summed E-state index contributed by atoms with van der Waals surface area (Å²) in [6.45, 7) is 5.36. The predicted octanol–water partition coefficient (Wildman–Crippen LogP) is 2.90. The second-order valence-corrected chi connectivity index (χ2v) is 5.35. The van der Waals surface area contributed by atoms with Gasteiger partial charge < -0.3 is 14.8 Å². The first-order chi connectivity index (χ1) is 10.4. The number of ether oxygens (including phenoxy) is 2. The van der Waals surface area contributed by atoms with Gasteiger partial charge in [0.25, 0.3) is 0 Å². The van der Waals surface area contributed by atoms with E-state index in [-0.39, 0.29) is 6.10 Å². The summed E-state index contributed by atoms with van der Waals surface area (Å²) in [6, 6.07) is 10.4. The maximum absolute atomic E-state index is 6.17. The number of nitrogens with one attached hydrogen (secondary N) is 1. The van der Waals surface area contributed by atoms with Crippen LogP contribution in [0.15, 0.2) is 30.3 Å². The minimum Gasteiger partial charge on any atom is -0.474 e. The Labute approximate surface area is 125 Å². The molecule has 0 atom stereocenters. The van der Waals surface area contributed by atoms with Gasteiger partial charge in [0, 0.05) is 24.8 Å². The first-order valence-electron chi connectivity index (χ1n) is 7.70. The third kappa shape index (κ3) is 3.52. The van der Waals surface area contributed by atoms with Crippen LogP contribution in [0.5, 0.6) is 5.88 Å². The van der Waals surface area contributed by atoms with Gasteiger partial charge in [-0.3, -0.25) is 0 Å². The van der Waals surface area contributed by atoms with Gasteiger partial charge in [-0.2, -0.15) is 0 Å². The average Bonchev–Trinajstić information content (AvgIpc) is 2.54. The van der Waals surface area contributed by atoms with Crippen LogP contribution in [0.2, 0.25) is 0 Å². The van der Waals surface area contributed by atoms with Crippen LogP contribution < -0.4 is 10.1 Å². The van der Waals surface area contributed by atoms with Crippen molar-refractivity contribution >= 4 is 10.8 Å². The molecule has 1 aromatic heterocycles. The van der Waals surface area contributed by atoms with Crippen molar-refractivity contribution in [1.29, 1.82) is 0 Å². The van der Waals surface area contributed by atoms with E-state index in [9.17, 15) is 0 Å². The zero-order valence-electron chi connectivity index (χ0n) is 12.5. The molecule has 0 saturated carbocycles. The van der Waals surface area contributed by atoms with E-state index in [0.717, 1.165) is 56.1 Å². The van der Waals surface area contributed by atoms with Crippen LogP contribution in [0.4, 0.5) is 0 Å². The molecule has 0 aliphatic carbocycles. The zero-order valence-corrected chi connectivity index (χ0v) is 12.5. The molecule has 112 valence electrons. The molecule has 4 nitrogen and oxygen atoms in total. The topological polar surface area (TPSA) is 43.4 Å². The number of rotatable bonds is 5. The number of aromatic nitrogens is 1. The van der Waals surface area contributed by atoms with Crippen molar-refractivity contribution in [3.05, 3.63) is 36.0 Å². The Balaban J connectivity index is 1.89. The van der Waals surface area contributed by atoms with E-state index in [2.05, 4.69) is 36.5 Å². The minimum absolute atomic E-state index is 0.212. The van der Waals surface area contributed by atoms with Crippen LogP contribution >= 0.6 is 0 Å². The van der Waals surface area contributed by atoms with Crippen molar-refractivity contribution in [2.45, 2.75) is 32.4 Å². The van der Waals surface area contributed by atoms with Crippen molar-refractivity contribution in [2.75, 3.05) is 19.8 Å². The number of benzene rings is 1. The van der Waals surface area contributed by atoms with Gasteiger partial charge in [0.2, 0.25) is 5.88 Å². The van der Waals surface area contributed by atoms with E-state index in [0.29, 0.717) is 0 Å². The molecule has 3 rings (SSSR count). The molecule has 1 aliphatic rings. The van der Waals surface area contributed by atoms with E-state index >= 15 is 0 Å². The molecule has 1 N–H and O–H groups in total. The maximum Gasteiger partial charge on any atom is 0.221 e. The summed E-state index contributed by atoms with van der Waals surface area (Å²) in [5.74, 6) is 0.757. The smallest absolute Gasteiger partial charge is 0.221 e. The molecular weight excluding hydrogens is 264 g/mol. The molecule has 2 heterocycles. The van der Waals surface area contributed by atoms with E-state index in [1.807, 2.05) is 6.07 Å². The molecule has 1 saturated heterocycles. The minimum atomic E-state index is 0.212. The normalized spacial score (nSPS) is 16.2. The molecule has 0 radical (unpaired) electrons. The van der Waals surface area contributed by atoms with Gasteiger partial charge in [0.05, 0.1) is 18.9 Å². The molecule has 1 aromatic carbocycles. The molecule has 21 heavy (non-hydrogen) atoms. The molecular formula is C17H22N2O2. The quantitative estimate of drug-likeness (QED) is 0.918. The van der Waals surface area contributed by atoms with Crippen molar-refractivity contribution < 1.29 is 9.47 Å². The van der Waals surface area contributed by atoms with E-state index in [1.54, 1.807) is 0 Å². The number of hydrogen-bond acceptors (Lipinski definition) is 4. The Hall–Kier alpha value is -1.65. The Kier molecular flexibility index (Phi) is 4.68. The second-order valence-electron chi connectivity index (χ2n) is 5.35. The SMILES string of the molecule is CCNCc1cc2ccccc2c(OC2CCOCC2)n1. The summed E-state index contributed by atoms with van der Waals surface area (Å²) in [6.07, 6.45) is 2.09. The van der Waals surface area contributed by atoms with Gasteiger partial charge in [-0.25, -0.2) is 4.98 Å². The van der Waals surface area contributed by atoms with E-state index < -0.39 is 0 Å². The molecule has 0 spiro atoms. The highest BCUT2D eigenvalue weighted by Crippen LogP contribution is 2.27. The Bertz CT molecular complexity index is 594. The third-order valence-electron chi connectivity index (χ3n) is 3.76. The van der Waals surface area contributed by atoms with Crippen LogP contribution in [0.3, 0.4) is 0 Å². The van der Waals surface area contributed by atoms with Gasteiger partial charge in [-0.1, -0.05) is 25.1 Å². The lowest BCUT2D eigenvalue weighted by atomic mass is 10.1. The first-order valence-corrected chi connectivity index (χ1v) is 7.70. The molecule has 2 aromatic rings. The third-order valence-corrected chi connectivity index (χ3v) is 3.76. The lowest BCUT2D eigenvalue weighted by molar-refractivity contribution is 0.0243. The van der Waals surface area contributed by atoms with Gasteiger partial charge >= 0.3 is 0 Å². The summed E-state index contributed by atoms with van der Waals surface area (Å²) in [5, 5.41) is 5.59. The van der Waals surface area contributed by atoms with E-state index in [1.165, 1.54) is 5.39 Å². The van der Waals surface area contributed by atoms with Gasteiger partial charge in [0.1, 0.15) is 6.10 Å². The maximum atomic E-state index is 6.17. The van der Waals surface area contributed by atoms with Crippen molar-refractivity contribution in [2.24, 2.45) is 0 Å². The highest BCUT2D eigenvalue weighted by atomic mass is 16.5. The lowest BCUT2D eigenvalue weighted by Crippen LogP contribution is -2.26. The van der Waals surface area contributed by atoms with Gasteiger partial charge in [-0.05, 0) is 24.1 Å². The van der Waals surface area contributed by atoms with E-state index in [4.69, 9.17) is 14.5 Å². The Morgan fingerprint density at radius 1 is 1.29 bits per heavy atom. The summed E-state index contributed by atoms with van der Waals surface area (Å²) < 4.78 is 11.6. The van der Waals surface area contributed by atoms with Crippen LogP contribution in [-0.4, -0.2) is 30.8 Å². The summed E-state index contributed by atoms with van der Waals surface area (Å²) in [7, 11) is 0.